The fourth-order valence-corrected chi connectivity index (χ4v) is 4.70. The molecule has 0 saturated carbocycles. The highest BCUT2D eigenvalue weighted by atomic mass is 35.5. The Morgan fingerprint density at radius 2 is 1.81 bits per heavy atom. The summed E-state index contributed by atoms with van der Waals surface area (Å²) < 4.78 is 0. The molecule has 0 radical (unpaired) electrons. The van der Waals surface area contributed by atoms with Crippen molar-refractivity contribution in [1.29, 1.82) is 0 Å². The zero-order valence-electron chi connectivity index (χ0n) is 13.6. The lowest BCUT2D eigenvalue weighted by Crippen LogP contribution is -2.42. The molecule has 1 aromatic heterocycles. The molecular weight excluding hydrogens is 395 g/mol. The molecule has 1 saturated heterocycles. The van der Waals surface area contributed by atoms with Crippen LogP contribution in [0.2, 0.25) is 10.0 Å². The van der Waals surface area contributed by atoms with Gasteiger partial charge in [0, 0.05) is 11.4 Å². The van der Waals surface area contributed by atoms with Crippen molar-refractivity contribution >= 4 is 52.3 Å². The Morgan fingerprint density at radius 3 is 2.38 bits per heavy atom. The molecule has 0 spiro atoms. The van der Waals surface area contributed by atoms with Gasteiger partial charge in [0.05, 0.1) is 27.2 Å². The molecule has 1 unspecified atom stereocenters. The number of imide groups is 1. The van der Waals surface area contributed by atoms with Gasteiger partial charge in [-0.3, -0.25) is 19.3 Å². The maximum Gasteiger partial charge on any atom is 0.262 e. The molecule has 8 heteroatoms. The van der Waals surface area contributed by atoms with Gasteiger partial charge in [0.15, 0.2) is 0 Å². The van der Waals surface area contributed by atoms with Gasteiger partial charge in [-0.05, 0) is 36.4 Å². The van der Waals surface area contributed by atoms with E-state index >= 15 is 0 Å². The van der Waals surface area contributed by atoms with Crippen LogP contribution in [0.15, 0.2) is 29.6 Å². The van der Waals surface area contributed by atoms with Gasteiger partial charge in [-0.1, -0.05) is 29.3 Å². The Bertz CT molecular complexity index is 872. The van der Waals surface area contributed by atoms with Crippen molar-refractivity contribution in [2.75, 3.05) is 13.1 Å². The van der Waals surface area contributed by atoms with E-state index < -0.39 is 11.8 Å². The first-order chi connectivity index (χ1) is 12.5. The van der Waals surface area contributed by atoms with E-state index in [1.807, 2.05) is 17.5 Å². The molecule has 2 aliphatic heterocycles. The Balaban J connectivity index is 1.55. The lowest BCUT2D eigenvalue weighted by atomic mass is 10.1. The number of hydrogen-bond donors (Lipinski definition) is 0. The topological polar surface area (TPSA) is 57.7 Å². The third-order valence-electron chi connectivity index (χ3n) is 4.75. The quantitative estimate of drug-likeness (QED) is 0.720. The maximum absolute atomic E-state index is 12.8. The van der Waals surface area contributed by atoms with E-state index in [-0.39, 0.29) is 39.7 Å². The normalized spacial score (nSPS) is 19.4. The second-order valence-electron chi connectivity index (χ2n) is 6.27. The number of carbonyl (C=O) groups is 3. The molecular formula is C18H14Cl2N2O3S. The van der Waals surface area contributed by atoms with Gasteiger partial charge in [-0.2, -0.15) is 0 Å². The Morgan fingerprint density at radius 1 is 1.15 bits per heavy atom. The number of halogens is 2. The molecule has 2 aliphatic rings. The Labute approximate surface area is 164 Å². The van der Waals surface area contributed by atoms with Crippen molar-refractivity contribution in [3.05, 3.63) is 55.7 Å². The number of amides is 3. The van der Waals surface area contributed by atoms with Crippen molar-refractivity contribution in [2.24, 2.45) is 0 Å². The average molecular weight is 409 g/mol. The molecule has 0 N–H and O–H groups in total. The van der Waals surface area contributed by atoms with Crippen molar-refractivity contribution in [1.82, 2.24) is 9.80 Å². The van der Waals surface area contributed by atoms with Crippen LogP contribution in [0.3, 0.4) is 0 Å². The molecule has 4 rings (SSSR count). The lowest BCUT2D eigenvalue weighted by Gasteiger charge is -2.25. The number of hydrogen-bond acceptors (Lipinski definition) is 4. The minimum atomic E-state index is -0.510. The second-order valence-corrected chi connectivity index (χ2v) is 8.06. The van der Waals surface area contributed by atoms with E-state index in [4.69, 9.17) is 23.2 Å². The third kappa shape index (κ3) is 2.82. The summed E-state index contributed by atoms with van der Waals surface area (Å²) in [7, 11) is 0. The number of likely N-dealkylation sites (tertiary alicyclic amines) is 1. The molecule has 0 aliphatic carbocycles. The van der Waals surface area contributed by atoms with Crippen LogP contribution in [0.25, 0.3) is 0 Å². The second kappa shape index (κ2) is 6.68. The van der Waals surface area contributed by atoms with Crippen LogP contribution in [-0.4, -0.2) is 40.6 Å². The molecule has 134 valence electrons. The fourth-order valence-electron chi connectivity index (χ4n) is 3.50. The summed E-state index contributed by atoms with van der Waals surface area (Å²) in [6.45, 7) is 0.353. The van der Waals surface area contributed by atoms with E-state index in [1.165, 1.54) is 12.1 Å². The van der Waals surface area contributed by atoms with Crippen molar-refractivity contribution in [2.45, 2.75) is 18.9 Å². The van der Waals surface area contributed by atoms with Crippen LogP contribution in [0.5, 0.6) is 0 Å². The van der Waals surface area contributed by atoms with Gasteiger partial charge < -0.3 is 4.90 Å². The first-order valence-corrected chi connectivity index (χ1v) is 9.79. The van der Waals surface area contributed by atoms with E-state index in [2.05, 4.69) is 0 Å². The van der Waals surface area contributed by atoms with E-state index in [0.717, 1.165) is 22.6 Å². The molecule has 1 aromatic carbocycles. The molecule has 0 bridgehead atoms. The lowest BCUT2D eigenvalue weighted by molar-refractivity contribution is -0.132. The number of carbonyl (C=O) groups excluding carboxylic acids is 3. The monoisotopic (exact) mass is 408 g/mol. The van der Waals surface area contributed by atoms with Crippen molar-refractivity contribution in [3.63, 3.8) is 0 Å². The van der Waals surface area contributed by atoms with Gasteiger partial charge in [-0.15, -0.1) is 11.3 Å². The smallest absolute Gasteiger partial charge is 0.262 e. The highest BCUT2D eigenvalue weighted by molar-refractivity contribution is 7.10. The predicted molar refractivity (Wildman–Crippen MR) is 99.8 cm³/mol. The molecule has 1 fully saturated rings. The first kappa shape index (κ1) is 17.5. The minimum absolute atomic E-state index is 0.0153. The molecule has 1 atom stereocenters. The Kier molecular flexibility index (Phi) is 4.50. The molecule has 3 heterocycles. The van der Waals surface area contributed by atoms with Crippen LogP contribution in [-0.2, 0) is 4.79 Å². The summed E-state index contributed by atoms with van der Waals surface area (Å²) >= 11 is 13.5. The fraction of sp³-hybridized carbons (Fsp3) is 0.278. The number of fused-ring (bicyclic) bond motifs is 1. The van der Waals surface area contributed by atoms with Crippen molar-refractivity contribution in [3.8, 4) is 0 Å². The molecule has 3 amide bonds. The van der Waals surface area contributed by atoms with E-state index in [1.54, 1.807) is 16.2 Å². The van der Waals surface area contributed by atoms with Gasteiger partial charge in [0.25, 0.3) is 11.8 Å². The summed E-state index contributed by atoms with van der Waals surface area (Å²) in [5.74, 6) is -1.25. The number of rotatable bonds is 3. The molecule has 2 aromatic rings. The zero-order chi connectivity index (χ0) is 18.4. The van der Waals surface area contributed by atoms with Crippen molar-refractivity contribution < 1.29 is 14.4 Å². The summed E-state index contributed by atoms with van der Waals surface area (Å²) in [5.41, 5.74) is 0.377. The van der Waals surface area contributed by atoms with Gasteiger partial charge >= 0.3 is 0 Å². The highest BCUT2D eigenvalue weighted by Crippen LogP contribution is 2.35. The average Bonchev–Trinajstić information content (AvgIpc) is 3.33. The first-order valence-electron chi connectivity index (χ1n) is 8.15. The summed E-state index contributed by atoms with van der Waals surface area (Å²) in [4.78, 5) is 41.8. The largest absolute Gasteiger partial charge is 0.333 e. The van der Waals surface area contributed by atoms with Crippen LogP contribution in [0.4, 0.5) is 0 Å². The van der Waals surface area contributed by atoms with Crippen LogP contribution >= 0.6 is 34.5 Å². The van der Waals surface area contributed by atoms with Crippen LogP contribution in [0.1, 0.15) is 44.5 Å². The predicted octanol–water partition coefficient (Wildman–Crippen LogP) is 4.01. The zero-order valence-corrected chi connectivity index (χ0v) is 15.9. The maximum atomic E-state index is 12.8. The molecule has 5 nitrogen and oxygen atoms in total. The minimum Gasteiger partial charge on any atom is -0.333 e. The SMILES string of the molecule is O=C1c2cc(Cl)c(Cl)cc2C(=O)N1CC(=O)N1CCCC1c1cccs1. The summed E-state index contributed by atoms with van der Waals surface area (Å²) in [6, 6.07) is 6.75. The summed E-state index contributed by atoms with van der Waals surface area (Å²) in [6.07, 6.45) is 1.79. The van der Waals surface area contributed by atoms with E-state index in [9.17, 15) is 14.4 Å². The van der Waals surface area contributed by atoms with Crippen LogP contribution < -0.4 is 0 Å². The van der Waals surface area contributed by atoms with Crippen LogP contribution in [0, 0.1) is 0 Å². The Hall–Kier alpha value is -1.89. The standard InChI is InChI=1S/C18H14Cl2N2O3S/c19-12-7-10-11(8-13(12)20)18(25)22(17(10)24)9-16(23)21-5-1-3-14(21)15-4-2-6-26-15/h2,4,6-8,14H,1,3,5,9H2. The van der Waals surface area contributed by atoms with Gasteiger partial charge in [0.2, 0.25) is 5.91 Å². The highest BCUT2D eigenvalue weighted by Gasteiger charge is 2.39. The van der Waals surface area contributed by atoms with Gasteiger partial charge in [0.1, 0.15) is 6.54 Å². The number of nitrogens with zero attached hydrogens (tertiary/aromatic N) is 2. The number of thiophene rings is 1. The van der Waals surface area contributed by atoms with Gasteiger partial charge in [-0.25, -0.2) is 0 Å². The summed E-state index contributed by atoms with van der Waals surface area (Å²) in [5, 5.41) is 2.39. The third-order valence-corrected chi connectivity index (χ3v) is 6.45. The molecule has 26 heavy (non-hydrogen) atoms. The van der Waals surface area contributed by atoms with E-state index in [0.29, 0.717) is 6.54 Å². The number of benzene rings is 1.